The first-order valence-electron chi connectivity index (χ1n) is 10.4. The second-order valence-electron chi connectivity index (χ2n) is 7.58. The minimum Gasteiger partial charge on any atom is -0.493 e. The molecule has 4 rings (SSSR count). The van der Waals surface area contributed by atoms with Crippen LogP contribution in [-0.4, -0.2) is 50.9 Å². The number of nitrogens with one attached hydrogen (secondary N) is 1. The van der Waals surface area contributed by atoms with Crippen molar-refractivity contribution in [3.8, 4) is 11.5 Å². The van der Waals surface area contributed by atoms with Gasteiger partial charge in [-0.1, -0.05) is 18.2 Å². The summed E-state index contributed by atoms with van der Waals surface area (Å²) < 4.78 is 38.4. The summed E-state index contributed by atoms with van der Waals surface area (Å²) in [7, 11) is -0.641. The van der Waals surface area contributed by atoms with E-state index in [4.69, 9.17) is 9.47 Å². The molecule has 10 heteroatoms. The van der Waals surface area contributed by atoms with E-state index in [1.807, 2.05) is 6.07 Å². The summed E-state index contributed by atoms with van der Waals surface area (Å²) in [5.74, 6) is 0.299. The lowest BCUT2D eigenvalue weighted by Crippen LogP contribution is -2.29. The molecule has 2 amide bonds. The third-order valence-electron chi connectivity index (χ3n) is 5.46. The average molecular weight is 482 g/mol. The molecule has 1 N–H and O–H groups in total. The van der Waals surface area contributed by atoms with Crippen molar-refractivity contribution in [2.24, 2.45) is 0 Å². The Labute approximate surface area is 197 Å². The summed E-state index contributed by atoms with van der Waals surface area (Å²) in [5, 5.41) is 0. The zero-order valence-corrected chi connectivity index (χ0v) is 19.5. The third-order valence-corrected chi connectivity index (χ3v) is 6.94. The van der Waals surface area contributed by atoms with Gasteiger partial charge < -0.3 is 9.47 Å². The van der Waals surface area contributed by atoms with Gasteiger partial charge in [0.25, 0.3) is 11.8 Å². The fraction of sp³-hybridized carbons (Fsp3) is 0.208. The van der Waals surface area contributed by atoms with Crippen LogP contribution in [0.4, 0.5) is 0 Å². The number of carbonyl (C=O) groups is 2. The van der Waals surface area contributed by atoms with E-state index in [1.54, 1.807) is 50.6 Å². The molecule has 0 aliphatic carbocycles. The summed E-state index contributed by atoms with van der Waals surface area (Å²) in [6.45, 7) is 0.225. The van der Waals surface area contributed by atoms with Crippen LogP contribution in [0, 0.1) is 0 Å². The van der Waals surface area contributed by atoms with Crippen LogP contribution in [0.2, 0.25) is 0 Å². The highest BCUT2D eigenvalue weighted by Crippen LogP contribution is 2.27. The zero-order chi connectivity index (χ0) is 24.3. The molecule has 176 valence electrons. The van der Waals surface area contributed by atoms with E-state index in [0.29, 0.717) is 23.5 Å². The number of imide groups is 1. The van der Waals surface area contributed by atoms with E-state index in [1.165, 1.54) is 18.3 Å². The van der Waals surface area contributed by atoms with Crippen LogP contribution in [-0.2, 0) is 23.0 Å². The predicted octanol–water partition coefficient (Wildman–Crippen LogP) is 2.42. The van der Waals surface area contributed by atoms with Crippen molar-refractivity contribution < 1.29 is 27.5 Å². The van der Waals surface area contributed by atoms with Crippen molar-refractivity contribution in [3.05, 3.63) is 83.2 Å². The number of rotatable bonds is 9. The normalized spacial score (nSPS) is 13.2. The molecule has 0 spiro atoms. The van der Waals surface area contributed by atoms with E-state index in [-0.39, 0.29) is 29.2 Å². The van der Waals surface area contributed by atoms with E-state index < -0.39 is 21.8 Å². The monoisotopic (exact) mass is 481 g/mol. The van der Waals surface area contributed by atoms with Gasteiger partial charge in [0.2, 0.25) is 10.0 Å². The van der Waals surface area contributed by atoms with Crippen molar-refractivity contribution in [2.45, 2.75) is 17.9 Å². The SMILES string of the molecule is COc1ccc(CCNS(=O)(=O)c2ccc(CN3C(=O)c4cccnc4C3=O)cc2)cc1OC. The highest BCUT2D eigenvalue weighted by molar-refractivity contribution is 7.89. The van der Waals surface area contributed by atoms with Crippen molar-refractivity contribution in [1.82, 2.24) is 14.6 Å². The lowest BCUT2D eigenvalue weighted by molar-refractivity contribution is 0.0640. The average Bonchev–Trinajstić information content (AvgIpc) is 3.09. The number of hydrogen-bond donors (Lipinski definition) is 1. The molecule has 0 atom stereocenters. The fourth-order valence-electron chi connectivity index (χ4n) is 3.66. The van der Waals surface area contributed by atoms with Gasteiger partial charge >= 0.3 is 0 Å². The number of pyridine rings is 1. The Hall–Kier alpha value is -3.76. The number of benzene rings is 2. The number of nitrogens with zero attached hydrogens (tertiary/aromatic N) is 2. The summed E-state index contributed by atoms with van der Waals surface area (Å²) >= 11 is 0. The summed E-state index contributed by atoms with van der Waals surface area (Å²) in [6.07, 6.45) is 1.93. The molecule has 0 saturated carbocycles. The van der Waals surface area contributed by atoms with Gasteiger partial charge in [0.1, 0.15) is 5.69 Å². The molecule has 0 unspecified atom stereocenters. The van der Waals surface area contributed by atoms with Crippen LogP contribution < -0.4 is 14.2 Å². The summed E-state index contributed by atoms with van der Waals surface area (Å²) in [5.41, 5.74) is 1.92. The molecular weight excluding hydrogens is 458 g/mol. The second kappa shape index (κ2) is 9.62. The fourth-order valence-corrected chi connectivity index (χ4v) is 4.70. The Bertz CT molecular complexity index is 1300. The van der Waals surface area contributed by atoms with Crippen LogP contribution in [0.15, 0.2) is 65.7 Å². The smallest absolute Gasteiger partial charge is 0.280 e. The van der Waals surface area contributed by atoms with Crippen LogP contribution in [0.5, 0.6) is 11.5 Å². The number of methoxy groups -OCH3 is 2. The predicted molar refractivity (Wildman–Crippen MR) is 123 cm³/mol. The van der Waals surface area contributed by atoms with Gasteiger partial charge in [-0.05, 0) is 53.9 Å². The molecule has 2 heterocycles. The Morgan fingerprint density at radius 3 is 2.29 bits per heavy atom. The second-order valence-corrected chi connectivity index (χ2v) is 9.34. The van der Waals surface area contributed by atoms with Crippen molar-refractivity contribution in [2.75, 3.05) is 20.8 Å². The number of fused-ring (bicyclic) bond motifs is 1. The van der Waals surface area contributed by atoms with Crippen LogP contribution in [0.25, 0.3) is 0 Å². The maximum absolute atomic E-state index is 12.7. The zero-order valence-electron chi connectivity index (χ0n) is 18.6. The number of aromatic nitrogens is 1. The summed E-state index contributed by atoms with van der Waals surface area (Å²) in [6, 6.07) is 14.6. The largest absolute Gasteiger partial charge is 0.493 e. The molecule has 2 aromatic carbocycles. The van der Waals surface area contributed by atoms with E-state index in [9.17, 15) is 18.0 Å². The number of amides is 2. The molecule has 1 aliphatic rings. The standard InChI is InChI=1S/C24H23N3O6S/c1-32-20-10-7-16(14-21(20)33-2)11-13-26-34(30,31)18-8-5-17(6-9-18)15-27-23(28)19-4-3-12-25-22(19)24(27)29/h3-10,12,14,26H,11,13,15H2,1-2H3. The van der Waals surface area contributed by atoms with Crippen molar-refractivity contribution >= 4 is 21.8 Å². The van der Waals surface area contributed by atoms with Crippen molar-refractivity contribution in [1.29, 1.82) is 0 Å². The lowest BCUT2D eigenvalue weighted by Gasteiger charge is -2.14. The minimum absolute atomic E-state index is 0.0289. The Morgan fingerprint density at radius 1 is 0.912 bits per heavy atom. The number of sulfonamides is 1. The first kappa shape index (κ1) is 23.4. The molecule has 0 fully saturated rings. The maximum Gasteiger partial charge on any atom is 0.280 e. The molecule has 1 aliphatic heterocycles. The van der Waals surface area contributed by atoms with E-state index in [0.717, 1.165) is 10.5 Å². The van der Waals surface area contributed by atoms with Crippen LogP contribution >= 0.6 is 0 Å². The van der Waals surface area contributed by atoms with Crippen LogP contribution in [0.1, 0.15) is 32.0 Å². The van der Waals surface area contributed by atoms with E-state index >= 15 is 0 Å². The van der Waals surface area contributed by atoms with Crippen molar-refractivity contribution in [3.63, 3.8) is 0 Å². The number of carbonyl (C=O) groups excluding carboxylic acids is 2. The van der Waals surface area contributed by atoms with Gasteiger partial charge in [0, 0.05) is 12.7 Å². The van der Waals surface area contributed by atoms with Gasteiger partial charge in [-0.2, -0.15) is 0 Å². The molecule has 0 radical (unpaired) electrons. The first-order valence-corrected chi connectivity index (χ1v) is 11.9. The third kappa shape index (κ3) is 4.63. The summed E-state index contributed by atoms with van der Waals surface area (Å²) in [4.78, 5) is 30.1. The highest BCUT2D eigenvalue weighted by atomic mass is 32.2. The van der Waals surface area contributed by atoms with E-state index in [2.05, 4.69) is 9.71 Å². The Balaban J connectivity index is 1.38. The molecule has 1 aromatic heterocycles. The molecule has 34 heavy (non-hydrogen) atoms. The molecule has 0 bridgehead atoms. The molecular formula is C24H23N3O6S. The number of ether oxygens (including phenoxy) is 2. The highest BCUT2D eigenvalue weighted by Gasteiger charge is 2.36. The quantitative estimate of drug-likeness (QED) is 0.467. The molecule has 3 aromatic rings. The number of hydrogen-bond acceptors (Lipinski definition) is 7. The first-order chi connectivity index (χ1) is 16.3. The Morgan fingerprint density at radius 2 is 1.62 bits per heavy atom. The lowest BCUT2D eigenvalue weighted by atomic mass is 10.1. The van der Waals surface area contributed by atoms with Gasteiger partial charge in [-0.15, -0.1) is 0 Å². The van der Waals surface area contributed by atoms with Gasteiger partial charge in [-0.25, -0.2) is 13.1 Å². The Kier molecular flexibility index (Phi) is 6.62. The molecule has 9 nitrogen and oxygen atoms in total. The maximum atomic E-state index is 12.7. The van der Waals surface area contributed by atoms with Gasteiger partial charge in [0.05, 0.1) is 31.2 Å². The molecule has 0 saturated heterocycles. The topological polar surface area (TPSA) is 115 Å². The minimum atomic E-state index is -3.73. The van der Waals surface area contributed by atoms with Gasteiger partial charge in [0.15, 0.2) is 11.5 Å². The van der Waals surface area contributed by atoms with Gasteiger partial charge in [-0.3, -0.25) is 19.5 Å². The van der Waals surface area contributed by atoms with Crippen LogP contribution in [0.3, 0.4) is 0 Å².